The van der Waals surface area contributed by atoms with Crippen molar-refractivity contribution in [1.82, 2.24) is 14.8 Å². The third kappa shape index (κ3) is 1.99. The Labute approximate surface area is 79.2 Å². The maximum absolute atomic E-state index is 5.76. The van der Waals surface area contributed by atoms with Crippen LogP contribution in [0.2, 0.25) is 0 Å². The van der Waals surface area contributed by atoms with Crippen molar-refractivity contribution in [3.63, 3.8) is 0 Å². The van der Waals surface area contributed by atoms with Crippen molar-refractivity contribution in [3.05, 3.63) is 5.82 Å². The topological polar surface area (TPSA) is 56.7 Å². The van der Waals surface area contributed by atoms with Gasteiger partial charge in [-0.1, -0.05) is 20.8 Å². The fraction of sp³-hybridized carbons (Fsp3) is 0.778. The van der Waals surface area contributed by atoms with Gasteiger partial charge in [0.1, 0.15) is 0 Å². The van der Waals surface area contributed by atoms with Gasteiger partial charge < -0.3 is 5.73 Å². The molecule has 0 unspecified atom stereocenters. The van der Waals surface area contributed by atoms with Gasteiger partial charge in [0.25, 0.3) is 0 Å². The Morgan fingerprint density at radius 3 is 2.31 bits per heavy atom. The van der Waals surface area contributed by atoms with E-state index < -0.39 is 0 Å². The van der Waals surface area contributed by atoms with Gasteiger partial charge in [-0.2, -0.15) is 10.1 Å². The lowest BCUT2D eigenvalue weighted by molar-refractivity contribution is 0.431. The SMILES string of the molecule is CCc1nc(N)n(C(CC)CC)n1. The monoisotopic (exact) mass is 182 g/mol. The molecule has 1 aromatic rings. The molecule has 0 saturated carbocycles. The highest BCUT2D eigenvalue weighted by molar-refractivity contribution is 5.17. The van der Waals surface area contributed by atoms with Crippen LogP contribution in [0.15, 0.2) is 0 Å². The number of nitrogens with two attached hydrogens (primary N) is 1. The normalized spacial score (nSPS) is 11.1. The lowest BCUT2D eigenvalue weighted by Gasteiger charge is -2.12. The first-order valence-corrected chi connectivity index (χ1v) is 4.93. The van der Waals surface area contributed by atoms with Gasteiger partial charge in [-0.25, -0.2) is 4.68 Å². The van der Waals surface area contributed by atoms with Gasteiger partial charge in [0, 0.05) is 6.42 Å². The van der Waals surface area contributed by atoms with E-state index in [4.69, 9.17) is 5.73 Å². The Bertz CT molecular complexity index is 263. The summed E-state index contributed by atoms with van der Waals surface area (Å²) in [5.41, 5.74) is 5.76. The van der Waals surface area contributed by atoms with E-state index in [0.29, 0.717) is 12.0 Å². The van der Waals surface area contributed by atoms with Crippen molar-refractivity contribution in [2.45, 2.75) is 46.1 Å². The number of nitrogens with zero attached hydrogens (tertiary/aromatic N) is 3. The summed E-state index contributed by atoms with van der Waals surface area (Å²) in [6.45, 7) is 6.31. The molecule has 0 aliphatic rings. The van der Waals surface area contributed by atoms with E-state index in [1.165, 1.54) is 0 Å². The van der Waals surface area contributed by atoms with Gasteiger partial charge in [-0.3, -0.25) is 0 Å². The molecular weight excluding hydrogens is 164 g/mol. The van der Waals surface area contributed by atoms with Crippen LogP contribution in [-0.2, 0) is 6.42 Å². The summed E-state index contributed by atoms with van der Waals surface area (Å²) in [7, 11) is 0. The van der Waals surface area contributed by atoms with Crippen LogP contribution in [-0.4, -0.2) is 14.8 Å². The van der Waals surface area contributed by atoms with Crippen LogP contribution in [0.25, 0.3) is 0 Å². The molecule has 0 radical (unpaired) electrons. The smallest absolute Gasteiger partial charge is 0.218 e. The van der Waals surface area contributed by atoms with E-state index >= 15 is 0 Å². The Hall–Kier alpha value is -1.06. The van der Waals surface area contributed by atoms with Crippen LogP contribution >= 0.6 is 0 Å². The second-order valence-electron chi connectivity index (χ2n) is 3.15. The Morgan fingerprint density at radius 2 is 1.92 bits per heavy atom. The first-order valence-electron chi connectivity index (χ1n) is 4.93. The number of rotatable bonds is 4. The maximum atomic E-state index is 5.76. The molecular formula is C9H18N4. The van der Waals surface area contributed by atoms with Crippen LogP contribution in [0.1, 0.15) is 45.5 Å². The van der Waals surface area contributed by atoms with Gasteiger partial charge >= 0.3 is 0 Å². The molecule has 4 heteroatoms. The predicted octanol–water partition coefficient (Wildman–Crippen LogP) is 1.78. The van der Waals surface area contributed by atoms with Crippen molar-refractivity contribution >= 4 is 5.95 Å². The minimum atomic E-state index is 0.396. The summed E-state index contributed by atoms with van der Waals surface area (Å²) in [4.78, 5) is 4.18. The zero-order valence-electron chi connectivity index (χ0n) is 8.62. The molecule has 0 fully saturated rings. The number of hydrogen-bond donors (Lipinski definition) is 1. The number of anilines is 1. The molecule has 1 heterocycles. The van der Waals surface area contributed by atoms with E-state index in [1.54, 1.807) is 0 Å². The van der Waals surface area contributed by atoms with E-state index in [1.807, 2.05) is 11.6 Å². The number of aryl methyl sites for hydroxylation is 1. The maximum Gasteiger partial charge on any atom is 0.218 e. The second kappa shape index (κ2) is 4.25. The standard InChI is InChI=1S/C9H18N4/c1-4-7(5-2)13-9(10)11-8(6-3)12-13/h7H,4-6H2,1-3H3,(H2,10,11,12). The predicted molar refractivity (Wildman–Crippen MR) is 53.4 cm³/mol. The third-order valence-electron chi connectivity index (χ3n) is 2.31. The molecule has 74 valence electrons. The highest BCUT2D eigenvalue weighted by atomic mass is 15.4. The number of hydrogen-bond acceptors (Lipinski definition) is 3. The van der Waals surface area contributed by atoms with Crippen molar-refractivity contribution in [2.24, 2.45) is 0 Å². The molecule has 1 aromatic heterocycles. The zero-order chi connectivity index (χ0) is 9.84. The molecule has 0 bridgehead atoms. The van der Waals surface area contributed by atoms with Gasteiger partial charge in [0.2, 0.25) is 5.95 Å². The molecule has 0 aliphatic heterocycles. The van der Waals surface area contributed by atoms with Crippen molar-refractivity contribution < 1.29 is 0 Å². The summed E-state index contributed by atoms with van der Waals surface area (Å²) in [5.74, 6) is 1.38. The average molecular weight is 182 g/mol. The van der Waals surface area contributed by atoms with Crippen molar-refractivity contribution in [3.8, 4) is 0 Å². The molecule has 0 spiro atoms. The quantitative estimate of drug-likeness (QED) is 0.772. The molecule has 1 rings (SSSR count). The van der Waals surface area contributed by atoms with Gasteiger partial charge in [-0.15, -0.1) is 0 Å². The fourth-order valence-electron chi connectivity index (χ4n) is 1.43. The molecule has 0 aromatic carbocycles. The van der Waals surface area contributed by atoms with Crippen LogP contribution in [0.3, 0.4) is 0 Å². The Morgan fingerprint density at radius 1 is 1.31 bits per heavy atom. The van der Waals surface area contributed by atoms with E-state index in [9.17, 15) is 0 Å². The largest absolute Gasteiger partial charge is 0.368 e. The third-order valence-corrected chi connectivity index (χ3v) is 2.31. The summed E-state index contributed by atoms with van der Waals surface area (Å²) in [6.07, 6.45) is 2.94. The molecule has 2 N–H and O–H groups in total. The van der Waals surface area contributed by atoms with E-state index in [-0.39, 0.29) is 0 Å². The zero-order valence-corrected chi connectivity index (χ0v) is 8.62. The minimum Gasteiger partial charge on any atom is -0.368 e. The summed E-state index contributed by atoms with van der Waals surface area (Å²) >= 11 is 0. The molecule has 0 saturated heterocycles. The fourth-order valence-corrected chi connectivity index (χ4v) is 1.43. The van der Waals surface area contributed by atoms with Crippen LogP contribution < -0.4 is 5.73 Å². The van der Waals surface area contributed by atoms with Gasteiger partial charge in [-0.05, 0) is 12.8 Å². The lowest BCUT2D eigenvalue weighted by Crippen LogP contribution is -2.12. The molecule has 0 amide bonds. The van der Waals surface area contributed by atoms with Crippen molar-refractivity contribution in [2.75, 3.05) is 5.73 Å². The first-order chi connectivity index (χ1) is 6.22. The summed E-state index contributed by atoms with van der Waals surface area (Å²) in [6, 6.07) is 0.396. The highest BCUT2D eigenvalue weighted by Gasteiger charge is 2.12. The van der Waals surface area contributed by atoms with Crippen LogP contribution in [0, 0.1) is 0 Å². The molecule has 13 heavy (non-hydrogen) atoms. The average Bonchev–Trinajstić information content (AvgIpc) is 2.50. The van der Waals surface area contributed by atoms with E-state index in [0.717, 1.165) is 25.1 Å². The van der Waals surface area contributed by atoms with Crippen LogP contribution in [0.4, 0.5) is 5.95 Å². The summed E-state index contributed by atoms with van der Waals surface area (Å²) < 4.78 is 1.85. The van der Waals surface area contributed by atoms with Crippen molar-refractivity contribution in [1.29, 1.82) is 0 Å². The molecule has 0 aliphatic carbocycles. The summed E-state index contributed by atoms with van der Waals surface area (Å²) in [5, 5.41) is 4.35. The Kier molecular flexibility index (Phi) is 3.28. The first kappa shape index (κ1) is 10.0. The molecule has 4 nitrogen and oxygen atoms in total. The van der Waals surface area contributed by atoms with E-state index in [2.05, 4.69) is 23.9 Å². The minimum absolute atomic E-state index is 0.396. The van der Waals surface area contributed by atoms with Crippen LogP contribution in [0.5, 0.6) is 0 Å². The number of nitrogen functional groups attached to an aromatic ring is 1. The lowest BCUT2D eigenvalue weighted by atomic mass is 10.2. The molecule has 0 atom stereocenters. The second-order valence-corrected chi connectivity index (χ2v) is 3.15. The highest BCUT2D eigenvalue weighted by Crippen LogP contribution is 2.17. The van der Waals surface area contributed by atoms with Gasteiger partial charge in [0.15, 0.2) is 5.82 Å². The number of aromatic nitrogens is 3. The van der Waals surface area contributed by atoms with Gasteiger partial charge in [0.05, 0.1) is 6.04 Å². The Balaban J connectivity index is 2.91.